The van der Waals surface area contributed by atoms with Crippen LogP contribution in [0.2, 0.25) is 0 Å². The van der Waals surface area contributed by atoms with Crippen LogP contribution in [-0.4, -0.2) is 67.6 Å². The van der Waals surface area contributed by atoms with E-state index >= 15 is 0 Å². The molecule has 2 amide bonds. The highest BCUT2D eigenvalue weighted by atomic mass is 16.6. The number of nitrogens with zero attached hydrogens (tertiary/aromatic N) is 2. The largest absolute Gasteiger partial charge is 0.486 e. The molecule has 2 aromatic carbocycles. The molecule has 166 valence electrons. The van der Waals surface area contributed by atoms with E-state index in [1.54, 1.807) is 7.05 Å². The molecule has 31 heavy (non-hydrogen) atoms. The van der Waals surface area contributed by atoms with Crippen LogP contribution in [0.4, 0.5) is 5.69 Å². The fourth-order valence-corrected chi connectivity index (χ4v) is 3.55. The Hall–Kier alpha value is -3.06. The first-order chi connectivity index (χ1) is 14.9. The SMILES string of the molecule is CCN(CC(=O)N(C)CC(=O)Nc1c(C)cccc1C)CC1COc2ccccc2O1. The molecule has 1 N–H and O–H groups in total. The molecule has 1 aliphatic rings. The van der Waals surface area contributed by atoms with E-state index in [0.717, 1.165) is 28.3 Å². The molecule has 2 aromatic rings. The summed E-state index contributed by atoms with van der Waals surface area (Å²) < 4.78 is 11.8. The van der Waals surface area contributed by atoms with Gasteiger partial charge in [-0.15, -0.1) is 0 Å². The molecule has 0 saturated carbocycles. The van der Waals surface area contributed by atoms with Crippen molar-refractivity contribution < 1.29 is 19.1 Å². The Balaban J connectivity index is 1.50. The minimum atomic E-state index is -0.211. The summed E-state index contributed by atoms with van der Waals surface area (Å²) in [6.07, 6.45) is -0.153. The Kier molecular flexibility index (Phi) is 7.52. The number of amides is 2. The van der Waals surface area contributed by atoms with Crippen molar-refractivity contribution in [1.82, 2.24) is 9.80 Å². The van der Waals surface area contributed by atoms with Crippen molar-refractivity contribution >= 4 is 17.5 Å². The molecule has 3 rings (SSSR count). The molecule has 0 radical (unpaired) electrons. The number of carbonyl (C=O) groups excluding carboxylic acids is 2. The Morgan fingerprint density at radius 2 is 1.71 bits per heavy atom. The first-order valence-electron chi connectivity index (χ1n) is 10.6. The molecule has 1 heterocycles. The third kappa shape index (κ3) is 5.98. The minimum Gasteiger partial charge on any atom is -0.486 e. The van der Waals surface area contributed by atoms with Crippen LogP contribution in [0.3, 0.4) is 0 Å². The van der Waals surface area contributed by atoms with E-state index in [1.807, 2.05) is 68.1 Å². The van der Waals surface area contributed by atoms with Crippen LogP contribution < -0.4 is 14.8 Å². The predicted molar refractivity (Wildman–Crippen MR) is 121 cm³/mol. The fourth-order valence-electron chi connectivity index (χ4n) is 3.55. The highest BCUT2D eigenvalue weighted by molar-refractivity contribution is 5.95. The van der Waals surface area contributed by atoms with Gasteiger partial charge in [-0.2, -0.15) is 0 Å². The second kappa shape index (κ2) is 10.3. The summed E-state index contributed by atoms with van der Waals surface area (Å²) in [5.74, 6) is 1.14. The number of carbonyl (C=O) groups is 2. The number of ether oxygens (including phenoxy) is 2. The Bertz CT molecular complexity index is 911. The molecule has 0 spiro atoms. The second-order valence-corrected chi connectivity index (χ2v) is 7.89. The number of rotatable bonds is 8. The summed E-state index contributed by atoms with van der Waals surface area (Å²) in [6.45, 7) is 7.81. The molecule has 0 aromatic heterocycles. The van der Waals surface area contributed by atoms with E-state index in [2.05, 4.69) is 5.32 Å². The summed E-state index contributed by atoms with van der Waals surface area (Å²) in [6, 6.07) is 13.4. The number of hydrogen-bond acceptors (Lipinski definition) is 5. The number of likely N-dealkylation sites (N-methyl/N-ethyl adjacent to an activating group) is 2. The monoisotopic (exact) mass is 425 g/mol. The summed E-state index contributed by atoms with van der Waals surface area (Å²) in [4.78, 5) is 28.6. The lowest BCUT2D eigenvalue weighted by molar-refractivity contribution is -0.134. The smallest absolute Gasteiger partial charge is 0.243 e. The molecule has 1 atom stereocenters. The Labute approximate surface area is 183 Å². The predicted octanol–water partition coefficient (Wildman–Crippen LogP) is 2.86. The molecule has 0 bridgehead atoms. The zero-order valence-electron chi connectivity index (χ0n) is 18.7. The second-order valence-electron chi connectivity index (χ2n) is 7.89. The van der Waals surface area contributed by atoms with Crippen molar-refractivity contribution in [2.75, 3.05) is 45.2 Å². The molecular weight excluding hydrogens is 394 g/mol. The molecule has 1 aliphatic heterocycles. The van der Waals surface area contributed by atoms with E-state index in [-0.39, 0.29) is 31.0 Å². The van der Waals surface area contributed by atoms with Crippen molar-refractivity contribution in [3.8, 4) is 11.5 Å². The molecular formula is C24H31N3O4. The van der Waals surface area contributed by atoms with Gasteiger partial charge < -0.3 is 19.7 Å². The van der Waals surface area contributed by atoms with Crippen LogP contribution in [-0.2, 0) is 9.59 Å². The maximum Gasteiger partial charge on any atom is 0.243 e. The maximum atomic E-state index is 12.7. The first-order valence-corrected chi connectivity index (χ1v) is 10.6. The van der Waals surface area contributed by atoms with Crippen LogP contribution in [0.1, 0.15) is 18.1 Å². The van der Waals surface area contributed by atoms with Gasteiger partial charge in [-0.1, -0.05) is 37.3 Å². The van der Waals surface area contributed by atoms with Crippen LogP contribution in [0.5, 0.6) is 11.5 Å². The molecule has 7 nitrogen and oxygen atoms in total. The molecule has 0 aliphatic carbocycles. The van der Waals surface area contributed by atoms with Gasteiger partial charge in [0.05, 0.1) is 13.1 Å². The lowest BCUT2D eigenvalue weighted by atomic mass is 10.1. The highest BCUT2D eigenvalue weighted by Gasteiger charge is 2.24. The minimum absolute atomic E-state index is 0.000572. The third-order valence-electron chi connectivity index (χ3n) is 5.39. The van der Waals surface area contributed by atoms with Crippen LogP contribution in [0, 0.1) is 13.8 Å². The lowest BCUT2D eigenvalue weighted by Gasteiger charge is -2.31. The number of hydrogen-bond donors (Lipinski definition) is 1. The summed E-state index contributed by atoms with van der Waals surface area (Å²) in [5, 5.41) is 2.92. The Morgan fingerprint density at radius 1 is 1.03 bits per heavy atom. The molecule has 1 unspecified atom stereocenters. The standard InChI is InChI=1S/C24H31N3O4/c1-5-27(13-19-16-30-20-11-6-7-12-21(20)31-19)15-23(29)26(4)14-22(28)25-24-17(2)9-8-10-18(24)3/h6-12,19H,5,13-16H2,1-4H3,(H,25,28). The molecule has 0 saturated heterocycles. The van der Waals surface area contributed by atoms with Crippen molar-refractivity contribution in [3.63, 3.8) is 0 Å². The number of fused-ring (bicyclic) bond motifs is 1. The van der Waals surface area contributed by atoms with Gasteiger partial charge in [-0.3, -0.25) is 14.5 Å². The number of para-hydroxylation sites is 3. The topological polar surface area (TPSA) is 71.1 Å². The quantitative estimate of drug-likeness (QED) is 0.704. The van der Waals surface area contributed by atoms with E-state index in [4.69, 9.17) is 9.47 Å². The third-order valence-corrected chi connectivity index (χ3v) is 5.39. The maximum absolute atomic E-state index is 12.7. The Morgan fingerprint density at radius 3 is 2.39 bits per heavy atom. The zero-order valence-corrected chi connectivity index (χ0v) is 18.7. The summed E-state index contributed by atoms with van der Waals surface area (Å²) >= 11 is 0. The lowest BCUT2D eigenvalue weighted by Crippen LogP contribution is -2.46. The zero-order chi connectivity index (χ0) is 22.4. The van der Waals surface area contributed by atoms with Crippen LogP contribution in [0.25, 0.3) is 0 Å². The molecule has 7 heteroatoms. The van der Waals surface area contributed by atoms with E-state index in [0.29, 0.717) is 19.7 Å². The van der Waals surface area contributed by atoms with Crippen molar-refractivity contribution in [2.45, 2.75) is 26.9 Å². The average Bonchev–Trinajstić information content (AvgIpc) is 2.75. The van der Waals surface area contributed by atoms with Gasteiger partial charge in [0, 0.05) is 19.3 Å². The number of nitrogens with one attached hydrogen (secondary N) is 1. The fraction of sp³-hybridized carbons (Fsp3) is 0.417. The van der Waals surface area contributed by atoms with Gasteiger partial charge in [0.15, 0.2) is 11.5 Å². The highest BCUT2D eigenvalue weighted by Crippen LogP contribution is 2.31. The van der Waals surface area contributed by atoms with Crippen molar-refractivity contribution in [3.05, 3.63) is 53.6 Å². The van der Waals surface area contributed by atoms with E-state index in [9.17, 15) is 9.59 Å². The van der Waals surface area contributed by atoms with Gasteiger partial charge in [0.1, 0.15) is 12.7 Å². The van der Waals surface area contributed by atoms with E-state index in [1.165, 1.54) is 4.90 Å². The number of benzene rings is 2. The van der Waals surface area contributed by atoms with Crippen molar-refractivity contribution in [1.29, 1.82) is 0 Å². The van der Waals surface area contributed by atoms with Gasteiger partial charge in [-0.25, -0.2) is 0 Å². The van der Waals surface area contributed by atoms with E-state index < -0.39 is 0 Å². The average molecular weight is 426 g/mol. The van der Waals surface area contributed by atoms with Gasteiger partial charge in [-0.05, 0) is 43.7 Å². The number of anilines is 1. The van der Waals surface area contributed by atoms with Gasteiger partial charge in [0.25, 0.3) is 0 Å². The summed E-state index contributed by atoms with van der Waals surface area (Å²) in [5.41, 5.74) is 2.80. The normalized spacial score (nSPS) is 14.9. The first kappa shape index (κ1) is 22.6. The van der Waals surface area contributed by atoms with Crippen molar-refractivity contribution in [2.24, 2.45) is 0 Å². The number of aryl methyl sites for hydroxylation is 2. The van der Waals surface area contributed by atoms with Gasteiger partial charge >= 0.3 is 0 Å². The van der Waals surface area contributed by atoms with Gasteiger partial charge in [0.2, 0.25) is 11.8 Å². The van der Waals surface area contributed by atoms with Crippen LogP contribution >= 0.6 is 0 Å². The summed E-state index contributed by atoms with van der Waals surface area (Å²) in [7, 11) is 1.65. The van der Waals surface area contributed by atoms with Crippen LogP contribution in [0.15, 0.2) is 42.5 Å². The molecule has 0 fully saturated rings.